The molecule has 1 aromatic heterocycles. The van der Waals surface area contributed by atoms with Gasteiger partial charge in [-0.15, -0.1) is 11.3 Å². The van der Waals surface area contributed by atoms with Gasteiger partial charge < -0.3 is 15.4 Å². The number of rotatable bonds is 5. The second-order valence-corrected chi connectivity index (χ2v) is 6.37. The summed E-state index contributed by atoms with van der Waals surface area (Å²) in [6.45, 7) is 1.13. The van der Waals surface area contributed by atoms with E-state index in [9.17, 15) is 9.59 Å². The highest BCUT2D eigenvalue weighted by Gasteiger charge is 2.23. The predicted octanol–water partition coefficient (Wildman–Crippen LogP) is 2.80. The number of ether oxygens (including phenoxy) is 1. The Morgan fingerprint density at radius 2 is 2.17 bits per heavy atom. The van der Waals surface area contributed by atoms with Crippen LogP contribution >= 0.6 is 11.3 Å². The normalized spacial score (nSPS) is 17.0. The van der Waals surface area contributed by atoms with Gasteiger partial charge in [-0.2, -0.15) is 0 Å². The SMILES string of the molecule is O=C(NCc1cccs1)c1cccc(NC(=O)[C@@H]2CCCO2)c1. The number of carbonyl (C=O) groups is 2. The van der Waals surface area contributed by atoms with Crippen molar-refractivity contribution in [1.82, 2.24) is 5.32 Å². The van der Waals surface area contributed by atoms with Crippen LogP contribution in [-0.2, 0) is 16.1 Å². The van der Waals surface area contributed by atoms with Crippen LogP contribution in [-0.4, -0.2) is 24.5 Å². The number of anilines is 1. The molecule has 1 aromatic carbocycles. The van der Waals surface area contributed by atoms with Gasteiger partial charge in [0.1, 0.15) is 6.10 Å². The zero-order valence-electron chi connectivity index (χ0n) is 12.6. The number of nitrogens with one attached hydrogen (secondary N) is 2. The van der Waals surface area contributed by atoms with Crippen molar-refractivity contribution in [3.8, 4) is 0 Å². The Balaban J connectivity index is 1.59. The van der Waals surface area contributed by atoms with Gasteiger partial charge in [-0.05, 0) is 42.5 Å². The molecule has 0 radical (unpaired) electrons. The molecule has 0 spiro atoms. The third kappa shape index (κ3) is 4.18. The molecular weight excluding hydrogens is 312 g/mol. The van der Waals surface area contributed by atoms with Crippen molar-refractivity contribution in [1.29, 1.82) is 0 Å². The molecule has 6 heteroatoms. The van der Waals surface area contributed by atoms with E-state index in [2.05, 4.69) is 10.6 Å². The molecule has 120 valence electrons. The first-order valence-corrected chi connectivity index (χ1v) is 8.43. The fourth-order valence-corrected chi connectivity index (χ4v) is 3.07. The van der Waals surface area contributed by atoms with Crippen LogP contribution in [0.5, 0.6) is 0 Å². The summed E-state index contributed by atoms with van der Waals surface area (Å²) in [6, 6.07) is 10.9. The van der Waals surface area contributed by atoms with E-state index in [0.29, 0.717) is 24.4 Å². The molecule has 0 bridgehead atoms. The lowest BCUT2D eigenvalue weighted by Gasteiger charge is -2.11. The van der Waals surface area contributed by atoms with Gasteiger partial charge in [-0.1, -0.05) is 12.1 Å². The fraction of sp³-hybridized carbons (Fsp3) is 0.294. The highest BCUT2D eigenvalue weighted by Crippen LogP contribution is 2.16. The molecule has 1 saturated heterocycles. The van der Waals surface area contributed by atoms with Crippen LogP contribution in [0.2, 0.25) is 0 Å². The maximum absolute atomic E-state index is 12.2. The van der Waals surface area contributed by atoms with Crippen molar-refractivity contribution in [2.45, 2.75) is 25.5 Å². The van der Waals surface area contributed by atoms with Gasteiger partial charge in [-0.25, -0.2) is 0 Å². The lowest BCUT2D eigenvalue weighted by Crippen LogP contribution is -2.27. The highest BCUT2D eigenvalue weighted by atomic mass is 32.1. The largest absolute Gasteiger partial charge is 0.368 e. The number of hydrogen-bond donors (Lipinski definition) is 2. The number of thiophene rings is 1. The van der Waals surface area contributed by atoms with Gasteiger partial charge >= 0.3 is 0 Å². The third-order valence-corrected chi connectivity index (χ3v) is 4.49. The number of amides is 2. The van der Waals surface area contributed by atoms with E-state index in [1.54, 1.807) is 35.6 Å². The molecule has 2 N–H and O–H groups in total. The Hall–Kier alpha value is -2.18. The number of hydrogen-bond acceptors (Lipinski definition) is 4. The summed E-state index contributed by atoms with van der Waals surface area (Å²) in [5.41, 5.74) is 1.13. The van der Waals surface area contributed by atoms with E-state index in [1.165, 1.54) is 0 Å². The first kappa shape index (κ1) is 15.7. The minimum Gasteiger partial charge on any atom is -0.368 e. The van der Waals surface area contributed by atoms with Crippen LogP contribution in [0.15, 0.2) is 41.8 Å². The van der Waals surface area contributed by atoms with E-state index >= 15 is 0 Å². The molecule has 0 saturated carbocycles. The average molecular weight is 330 g/mol. The van der Waals surface area contributed by atoms with E-state index < -0.39 is 0 Å². The molecule has 2 amide bonds. The van der Waals surface area contributed by atoms with E-state index in [1.807, 2.05) is 17.5 Å². The van der Waals surface area contributed by atoms with Gasteiger partial charge in [0.2, 0.25) is 0 Å². The van der Waals surface area contributed by atoms with Gasteiger partial charge in [0.15, 0.2) is 0 Å². The van der Waals surface area contributed by atoms with Crippen LogP contribution in [0.1, 0.15) is 28.1 Å². The molecular formula is C17H18N2O3S. The quantitative estimate of drug-likeness (QED) is 0.886. The highest BCUT2D eigenvalue weighted by molar-refractivity contribution is 7.09. The zero-order valence-corrected chi connectivity index (χ0v) is 13.4. The summed E-state index contributed by atoms with van der Waals surface area (Å²) in [7, 11) is 0. The van der Waals surface area contributed by atoms with Crippen LogP contribution in [0.4, 0.5) is 5.69 Å². The minimum absolute atomic E-state index is 0.154. The average Bonchev–Trinajstić information content (AvgIpc) is 3.26. The lowest BCUT2D eigenvalue weighted by molar-refractivity contribution is -0.124. The molecule has 5 nitrogen and oxygen atoms in total. The Morgan fingerprint density at radius 3 is 2.91 bits per heavy atom. The Kier molecular flexibility index (Phi) is 5.05. The van der Waals surface area contributed by atoms with E-state index in [4.69, 9.17) is 4.74 Å². The van der Waals surface area contributed by atoms with Crippen molar-refractivity contribution >= 4 is 28.8 Å². The van der Waals surface area contributed by atoms with Gasteiger partial charge in [0.25, 0.3) is 11.8 Å². The van der Waals surface area contributed by atoms with E-state index in [0.717, 1.165) is 17.7 Å². The lowest BCUT2D eigenvalue weighted by atomic mass is 10.1. The van der Waals surface area contributed by atoms with Gasteiger partial charge in [0, 0.05) is 22.7 Å². The molecule has 1 atom stereocenters. The smallest absolute Gasteiger partial charge is 0.253 e. The van der Waals surface area contributed by atoms with Crippen LogP contribution in [0.25, 0.3) is 0 Å². The number of carbonyl (C=O) groups excluding carboxylic acids is 2. The van der Waals surface area contributed by atoms with Crippen molar-refractivity contribution in [3.05, 3.63) is 52.2 Å². The molecule has 23 heavy (non-hydrogen) atoms. The predicted molar refractivity (Wildman–Crippen MR) is 89.5 cm³/mol. The van der Waals surface area contributed by atoms with Crippen molar-refractivity contribution in [2.24, 2.45) is 0 Å². The molecule has 3 rings (SSSR count). The maximum Gasteiger partial charge on any atom is 0.253 e. The van der Waals surface area contributed by atoms with Crippen molar-refractivity contribution in [3.63, 3.8) is 0 Å². The first-order chi connectivity index (χ1) is 11.2. The van der Waals surface area contributed by atoms with E-state index in [-0.39, 0.29) is 17.9 Å². The van der Waals surface area contributed by atoms with Crippen molar-refractivity contribution in [2.75, 3.05) is 11.9 Å². The Labute approximate surface area is 138 Å². The monoisotopic (exact) mass is 330 g/mol. The topological polar surface area (TPSA) is 67.4 Å². The van der Waals surface area contributed by atoms with Gasteiger partial charge in [-0.3, -0.25) is 9.59 Å². The van der Waals surface area contributed by atoms with Crippen LogP contribution < -0.4 is 10.6 Å². The molecule has 0 unspecified atom stereocenters. The molecule has 2 heterocycles. The summed E-state index contributed by atoms with van der Waals surface area (Å²) in [5, 5.41) is 7.65. The summed E-state index contributed by atoms with van der Waals surface area (Å²) < 4.78 is 5.35. The first-order valence-electron chi connectivity index (χ1n) is 7.55. The van der Waals surface area contributed by atoms with Crippen LogP contribution in [0, 0.1) is 0 Å². The zero-order chi connectivity index (χ0) is 16.1. The maximum atomic E-state index is 12.2. The summed E-state index contributed by atoms with van der Waals surface area (Å²) in [4.78, 5) is 25.3. The van der Waals surface area contributed by atoms with Gasteiger partial charge in [0.05, 0.1) is 6.54 Å². The molecule has 0 aliphatic carbocycles. The van der Waals surface area contributed by atoms with Crippen molar-refractivity contribution < 1.29 is 14.3 Å². The summed E-state index contributed by atoms with van der Waals surface area (Å²) in [6.07, 6.45) is 1.27. The fourth-order valence-electron chi connectivity index (χ4n) is 2.43. The third-order valence-electron chi connectivity index (χ3n) is 3.62. The second-order valence-electron chi connectivity index (χ2n) is 5.33. The molecule has 1 fully saturated rings. The minimum atomic E-state index is -0.383. The van der Waals surface area contributed by atoms with Crippen LogP contribution in [0.3, 0.4) is 0 Å². The molecule has 1 aliphatic rings. The Morgan fingerprint density at radius 1 is 1.26 bits per heavy atom. The Bertz CT molecular complexity index is 679. The summed E-state index contributed by atoms with van der Waals surface area (Å²) in [5.74, 6) is -0.315. The second kappa shape index (κ2) is 7.39. The standard InChI is InChI=1S/C17H18N2O3S/c20-16(18-11-14-6-3-9-23-14)12-4-1-5-13(10-12)19-17(21)15-7-2-8-22-15/h1,3-6,9-10,15H,2,7-8,11H2,(H,18,20)(H,19,21)/t15-/m0/s1. The number of benzene rings is 1. The summed E-state index contributed by atoms with van der Waals surface area (Å²) >= 11 is 1.60. The molecule has 2 aromatic rings. The molecule has 1 aliphatic heterocycles.